The van der Waals surface area contributed by atoms with Crippen molar-refractivity contribution in [2.75, 3.05) is 13.1 Å². The number of nitrogens with zero attached hydrogens (tertiary/aromatic N) is 2. The number of benzene rings is 1. The number of halogens is 1. The molecule has 1 fully saturated rings. The molecule has 0 unspecified atom stereocenters. The second-order valence-electron chi connectivity index (χ2n) is 6.69. The van der Waals surface area contributed by atoms with Crippen molar-refractivity contribution in [3.05, 3.63) is 57.8 Å². The zero-order chi connectivity index (χ0) is 20.1. The van der Waals surface area contributed by atoms with E-state index in [1.54, 1.807) is 17.0 Å². The average molecular weight is 404 g/mol. The molecule has 0 atom stereocenters. The van der Waals surface area contributed by atoms with Gasteiger partial charge in [-0.05, 0) is 30.5 Å². The number of aromatic amines is 1. The van der Waals surface area contributed by atoms with E-state index in [2.05, 4.69) is 9.97 Å². The number of aromatic nitrogens is 2. The van der Waals surface area contributed by atoms with Gasteiger partial charge in [0.05, 0.1) is 12.1 Å². The van der Waals surface area contributed by atoms with Crippen LogP contribution in [-0.4, -0.2) is 39.8 Å². The Labute approximate surface area is 165 Å². The number of piperidine rings is 1. The lowest BCUT2D eigenvalue weighted by Crippen LogP contribution is -2.42. The normalized spacial score (nSPS) is 14.8. The molecule has 2 aromatic rings. The van der Waals surface area contributed by atoms with Gasteiger partial charge >= 0.3 is 0 Å². The third-order valence-corrected chi connectivity index (χ3v) is 5.59. The van der Waals surface area contributed by atoms with Gasteiger partial charge in [0.15, 0.2) is 5.16 Å². The highest BCUT2D eigenvalue weighted by atomic mass is 32.2. The largest absolute Gasteiger partial charge is 0.369 e. The van der Waals surface area contributed by atoms with Crippen LogP contribution < -0.4 is 11.3 Å². The predicted molar refractivity (Wildman–Crippen MR) is 103 cm³/mol. The van der Waals surface area contributed by atoms with Crippen LogP contribution in [0.25, 0.3) is 0 Å². The van der Waals surface area contributed by atoms with Crippen molar-refractivity contribution in [1.82, 2.24) is 14.9 Å². The maximum absolute atomic E-state index is 13.0. The molecule has 28 heavy (non-hydrogen) atoms. The van der Waals surface area contributed by atoms with Gasteiger partial charge in [-0.3, -0.25) is 14.4 Å². The molecule has 0 saturated carbocycles. The van der Waals surface area contributed by atoms with Gasteiger partial charge in [0.2, 0.25) is 11.8 Å². The molecule has 1 aromatic carbocycles. The van der Waals surface area contributed by atoms with E-state index in [1.165, 1.54) is 30.0 Å². The number of thioether (sulfide) groups is 1. The summed E-state index contributed by atoms with van der Waals surface area (Å²) in [7, 11) is 0. The Bertz CT molecular complexity index is 908. The van der Waals surface area contributed by atoms with Crippen LogP contribution >= 0.6 is 11.8 Å². The van der Waals surface area contributed by atoms with Crippen molar-refractivity contribution < 1.29 is 14.0 Å². The molecule has 3 N–H and O–H groups in total. The average Bonchev–Trinajstić information content (AvgIpc) is 2.67. The van der Waals surface area contributed by atoms with E-state index in [4.69, 9.17) is 5.73 Å². The number of carbonyl (C=O) groups is 2. The van der Waals surface area contributed by atoms with E-state index in [0.717, 1.165) is 5.56 Å². The first-order valence-electron chi connectivity index (χ1n) is 8.95. The topological polar surface area (TPSA) is 109 Å². The third-order valence-electron chi connectivity index (χ3n) is 4.64. The first-order valence-corrected chi connectivity index (χ1v) is 9.94. The first-order chi connectivity index (χ1) is 13.4. The number of H-pyrrole nitrogens is 1. The third kappa shape index (κ3) is 5.41. The summed E-state index contributed by atoms with van der Waals surface area (Å²) in [6, 6.07) is 7.41. The minimum Gasteiger partial charge on any atom is -0.369 e. The molecule has 3 rings (SSSR count). The molecular formula is C19H21FN4O3S. The fraction of sp³-hybridized carbons (Fsp3) is 0.368. The number of nitrogens with two attached hydrogens (primary N) is 1. The summed E-state index contributed by atoms with van der Waals surface area (Å²) < 4.78 is 13.0. The minimum atomic E-state index is -0.328. The van der Waals surface area contributed by atoms with E-state index < -0.39 is 0 Å². The van der Waals surface area contributed by atoms with E-state index >= 15 is 0 Å². The van der Waals surface area contributed by atoms with Gasteiger partial charge in [0.25, 0.3) is 5.56 Å². The molecule has 0 aliphatic carbocycles. The van der Waals surface area contributed by atoms with Crippen LogP contribution in [0.5, 0.6) is 0 Å². The summed E-state index contributed by atoms with van der Waals surface area (Å²) in [6.07, 6.45) is 1.14. The van der Waals surface area contributed by atoms with Crippen LogP contribution in [0.3, 0.4) is 0 Å². The van der Waals surface area contributed by atoms with E-state index in [1.807, 2.05) is 0 Å². The quantitative estimate of drug-likeness (QED) is 0.560. The summed E-state index contributed by atoms with van der Waals surface area (Å²) in [5.41, 5.74) is 6.28. The highest BCUT2D eigenvalue weighted by Crippen LogP contribution is 2.20. The number of carbonyl (C=O) groups excluding carboxylic acids is 2. The maximum Gasteiger partial charge on any atom is 0.251 e. The SMILES string of the molecule is NC(=O)C1CCN(C(=O)Cc2cc(=O)[nH]c(SCc3ccc(F)cc3)n2)CC1. The van der Waals surface area contributed by atoms with Gasteiger partial charge in [-0.1, -0.05) is 23.9 Å². The predicted octanol–water partition coefficient (Wildman–Crippen LogP) is 1.47. The molecule has 1 aliphatic heterocycles. The molecule has 0 radical (unpaired) electrons. The molecule has 0 bridgehead atoms. The molecular weight excluding hydrogens is 383 g/mol. The van der Waals surface area contributed by atoms with Crippen LogP contribution in [0.2, 0.25) is 0 Å². The van der Waals surface area contributed by atoms with Crippen LogP contribution in [0.1, 0.15) is 24.1 Å². The lowest BCUT2D eigenvalue weighted by Gasteiger charge is -2.30. The molecule has 7 nitrogen and oxygen atoms in total. The Morgan fingerprint density at radius 2 is 1.93 bits per heavy atom. The lowest BCUT2D eigenvalue weighted by molar-refractivity contribution is -0.134. The monoisotopic (exact) mass is 404 g/mol. The van der Waals surface area contributed by atoms with E-state index in [-0.39, 0.29) is 35.5 Å². The van der Waals surface area contributed by atoms with Crippen molar-refractivity contribution in [2.24, 2.45) is 11.7 Å². The summed E-state index contributed by atoms with van der Waals surface area (Å²) in [5.74, 6) is -0.431. The van der Waals surface area contributed by atoms with Crippen LogP contribution in [0.15, 0.2) is 40.3 Å². The van der Waals surface area contributed by atoms with Gasteiger partial charge in [-0.25, -0.2) is 9.37 Å². The highest BCUT2D eigenvalue weighted by molar-refractivity contribution is 7.98. The molecule has 148 valence electrons. The van der Waals surface area contributed by atoms with Crippen LogP contribution in [0.4, 0.5) is 4.39 Å². The lowest BCUT2D eigenvalue weighted by atomic mass is 9.96. The number of rotatable bonds is 6. The molecule has 1 aromatic heterocycles. The number of likely N-dealkylation sites (tertiary alicyclic amines) is 1. The molecule has 1 aliphatic rings. The maximum atomic E-state index is 13.0. The van der Waals surface area contributed by atoms with Crippen LogP contribution in [0, 0.1) is 11.7 Å². The first kappa shape index (κ1) is 20.1. The number of nitrogens with one attached hydrogen (secondary N) is 1. The Balaban J connectivity index is 1.60. The fourth-order valence-corrected chi connectivity index (χ4v) is 3.91. The second kappa shape index (κ2) is 9.01. The van der Waals surface area contributed by atoms with Crippen molar-refractivity contribution >= 4 is 23.6 Å². The smallest absolute Gasteiger partial charge is 0.251 e. The summed E-state index contributed by atoms with van der Waals surface area (Å²) in [4.78, 5) is 44.3. The van der Waals surface area contributed by atoms with Crippen molar-refractivity contribution in [1.29, 1.82) is 0 Å². The number of amides is 2. The van der Waals surface area contributed by atoms with Gasteiger partial charge in [0.1, 0.15) is 5.82 Å². The van der Waals surface area contributed by atoms with E-state index in [9.17, 15) is 18.8 Å². The van der Waals surface area contributed by atoms with Gasteiger partial charge in [-0.2, -0.15) is 0 Å². The van der Waals surface area contributed by atoms with Gasteiger partial charge in [-0.15, -0.1) is 0 Å². The van der Waals surface area contributed by atoms with Gasteiger partial charge in [0, 0.05) is 30.8 Å². The Hall–Kier alpha value is -2.68. The summed E-state index contributed by atoms with van der Waals surface area (Å²) in [5, 5.41) is 0.409. The summed E-state index contributed by atoms with van der Waals surface area (Å²) in [6.45, 7) is 0.948. The molecule has 9 heteroatoms. The Kier molecular flexibility index (Phi) is 6.45. The molecule has 2 heterocycles. The Morgan fingerprint density at radius 1 is 1.25 bits per heavy atom. The minimum absolute atomic E-state index is 0.0231. The number of hydrogen-bond donors (Lipinski definition) is 2. The Morgan fingerprint density at radius 3 is 2.57 bits per heavy atom. The van der Waals surface area contributed by atoms with Gasteiger partial charge < -0.3 is 15.6 Å². The standard InChI is InChI=1S/C19H21FN4O3S/c20-14-3-1-12(2-4-14)11-28-19-22-15(9-16(25)23-19)10-17(26)24-7-5-13(6-8-24)18(21)27/h1-4,9,13H,5-8,10-11H2,(H2,21,27)(H,22,23,25). The van der Waals surface area contributed by atoms with Crippen LogP contribution in [-0.2, 0) is 21.8 Å². The van der Waals surface area contributed by atoms with E-state index in [0.29, 0.717) is 42.5 Å². The van der Waals surface area contributed by atoms with Crippen molar-refractivity contribution in [3.63, 3.8) is 0 Å². The highest BCUT2D eigenvalue weighted by Gasteiger charge is 2.26. The van der Waals surface area contributed by atoms with Crippen molar-refractivity contribution in [2.45, 2.75) is 30.2 Å². The second-order valence-corrected chi connectivity index (χ2v) is 7.66. The molecule has 0 spiro atoms. The molecule has 1 saturated heterocycles. The fourth-order valence-electron chi connectivity index (χ4n) is 3.05. The zero-order valence-corrected chi connectivity index (χ0v) is 16.0. The van der Waals surface area contributed by atoms with Crippen molar-refractivity contribution in [3.8, 4) is 0 Å². The number of hydrogen-bond acceptors (Lipinski definition) is 5. The summed E-state index contributed by atoms with van der Waals surface area (Å²) >= 11 is 1.31. The number of primary amides is 1. The zero-order valence-electron chi connectivity index (χ0n) is 15.2. The molecule has 2 amide bonds.